The molecule has 1 aromatic carbocycles. The number of aryl methyl sites for hydroxylation is 1. The van der Waals surface area contributed by atoms with E-state index in [0.29, 0.717) is 23.1 Å². The Labute approximate surface area is 163 Å². The van der Waals surface area contributed by atoms with Crippen LogP contribution in [0.25, 0.3) is 0 Å². The van der Waals surface area contributed by atoms with Crippen LogP contribution < -0.4 is 4.74 Å². The zero-order chi connectivity index (χ0) is 20.0. The molecule has 2 rings (SSSR count). The third-order valence-electron chi connectivity index (χ3n) is 5.59. The van der Waals surface area contributed by atoms with Crippen molar-refractivity contribution in [2.24, 2.45) is 11.8 Å². The number of aliphatic hydroxyl groups is 1. The molecule has 0 amide bonds. The molecule has 1 aliphatic rings. The van der Waals surface area contributed by atoms with Gasteiger partial charge in [-0.2, -0.15) is 0 Å². The summed E-state index contributed by atoms with van der Waals surface area (Å²) in [5.41, 5.74) is 2.93. The number of aromatic hydroxyl groups is 1. The van der Waals surface area contributed by atoms with Crippen LogP contribution in [0, 0.1) is 11.8 Å². The van der Waals surface area contributed by atoms with Crippen molar-refractivity contribution in [2.45, 2.75) is 72.1 Å². The molecule has 0 saturated heterocycles. The molecule has 1 aromatic rings. The lowest BCUT2D eigenvalue weighted by atomic mass is 9.71. The van der Waals surface area contributed by atoms with Gasteiger partial charge in [0.15, 0.2) is 0 Å². The Hall–Kier alpha value is -1.81. The first-order valence-electron chi connectivity index (χ1n) is 10.2. The molecule has 0 radical (unpaired) electrons. The van der Waals surface area contributed by atoms with Crippen LogP contribution in [0.3, 0.4) is 0 Å². The maximum Gasteiger partial charge on any atom is 0.337 e. The molecule has 150 valence electrons. The van der Waals surface area contributed by atoms with E-state index in [-0.39, 0.29) is 11.7 Å². The molecule has 1 aliphatic carbocycles. The Morgan fingerprint density at radius 1 is 1.30 bits per heavy atom. The van der Waals surface area contributed by atoms with Crippen molar-refractivity contribution >= 4 is 5.97 Å². The second kappa shape index (κ2) is 9.93. The molecule has 0 aliphatic heterocycles. The fourth-order valence-corrected chi connectivity index (χ4v) is 4.10. The van der Waals surface area contributed by atoms with E-state index in [4.69, 9.17) is 9.84 Å². The first-order chi connectivity index (χ1) is 12.9. The van der Waals surface area contributed by atoms with Gasteiger partial charge in [-0.15, -0.1) is 0 Å². The van der Waals surface area contributed by atoms with Gasteiger partial charge in [-0.25, -0.2) is 4.79 Å². The van der Waals surface area contributed by atoms with Gasteiger partial charge < -0.3 is 14.9 Å². The molecule has 0 bridgehead atoms. The van der Waals surface area contributed by atoms with Gasteiger partial charge in [0.1, 0.15) is 18.1 Å². The van der Waals surface area contributed by atoms with Gasteiger partial charge in [0.25, 0.3) is 0 Å². The Balaban J connectivity index is 2.48. The number of ether oxygens (including phenoxy) is 1. The van der Waals surface area contributed by atoms with Crippen LogP contribution in [-0.2, 0) is 11.2 Å². The average Bonchev–Trinajstić information content (AvgIpc) is 2.61. The zero-order valence-electron chi connectivity index (χ0n) is 17.1. The summed E-state index contributed by atoms with van der Waals surface area (Å²) < 4.78 is 5.46. The maximum absolute atomic E-state index is 11.8. The van der Waals surface area contributed by atoms with Crippen molar-refractivity contribution in [3.05, 3.63) is 34.9 Å². The summed E-state index contributed by atoms with van der Waals surface area (Å²) in [6.07, 6.45) is 8.41. The number of carbonyl (C=O) groups is 1. The Morgan fingerprint density at radius 2 is 2.04 bits per heavy atom. The van der Waals surface area contributed by atoms with Gasteiger partial charge in [-0.1, -0.05) is 45.3 Å². The zero-order valence-corrected chi connectivity index (χ0v) is 17.1. The normalized spacial score (nSPS) is 19.9. The van der Waals surface area contributed by atoms with Crippen LogP contribution in [0.4, 0.5) is 0 Å². The molecule has 0 heterocycles. The van der Waals surface area contributed by atoms with E-state index < -0.39 is 12.6 Å². The summed E-state index contributed by atoms with van der Waals surface area (Å²) in [5, 5.41) is 20.0. The first kappa shape index (κ1) is 21.5. The Kier molecular flexibility index (Phi) is 7.91. The summed E-state index contributed by atoms with van der Waals surface area (Å²) in [6, 6.07) is 3.68. The molecule has 2 unspecified atom stereocenters. The second-order valence-electron chi connectivity index (χ2n) is 8.10. The summed E-state index contributed by atoms with van der Waals surface area (Å²) in [5.74, 6) is 0.707. The van der Waals surface area contributed by atoms with E-state index >= 15 is 0 Å². The highest BCUT2D eigenvalue weighted by molar-refractivity contribution is 5.74. The molecule has 4 nitrogen and oxygen atoms in total. The number of aliphatic hydroxyl groups excluding tert-OH is 1. The van der Waals surface area contributed by atoms with Crippen LogP contribution in [-0.4, -0.2) is 22.8 Å². The molecule has 27 heavy (non-hydrogen) atoms. The van der Waals surface area contributed by atoms with Crippen LogP contribution in [0.15, 0.2) is 23.8 Å². The monoisotopic (exact) mass is 374 g/mol. The molecule has 2 atom stereocenters. The summed E-state index contributed by atoms with van der Waals surface area (Å²) in [4.78, 5) is 11.8. The van der Waals surface area contributed by atoms with E-state index in [1.165, 1.54) is 5.57 Å². The minimum atomic E-state index is -0.695. The van der Waals surface area contributed by atoms with Gasteiger partial charge in [-0.05, 0) is 62.1 Å². The van der Waals surface area contributed by atoms with E-state index in [1.54, 1.807) is 0 Å². The topological polar surface area (TPSA) is 66.8 Å². The number of benzene rings is 1. The molecule has 0 aromatic heterocycles. The van der Waals surface area contributed by atoms with E-state index in [9.17, 15) is 9.90 Å². The fourth-order valence-electron chi connectivity index (χ4n) is 4.10. The molecule has 2 N–H and O–H groups in total. The third kappa shape index (κ3) is 5.58. The largest absolute Gasteiger partial charge is 0.507 e. The number of hydrogen-bond acceptors (Lipinski definition) is 4. The standard InChI is InChI=1S/C23H34O4/c1-5-6-7-8-17-12-20(25)23(21(13-17)27-22(26)14-24)19-11-16(4)9-10-18(19)15(2)3/h11-13,15,18-19,24-25H,5-10,14H2,1-4H3. The van der Waals surface area contributed by atoms with E-state index in [0.717, 1.165) is 44.1 Å². The van der Waals surface area contributed by atoms with Crippen molar-refractivity contribution in [2.75, 3.05) is 6.61 Å². The van der Waals surface area contributed by atoms with Gasteiger partial charge in [0.2, 0.25) is 0 Å². The number of esters is 1. The summed E-state index contributed by atoms with van der Waals surface area (Å²) >= 11 is 0. The molecule has 0 spiro atoms. The van der Waals surface area contributed by atoms with Crippen molar-refractivity contribution in [1.29, 1.82) is 0 Å². The minimum Gasteiger partial charge on any atom is -0.507 e. The quantitative estimate of drug-likeness (QED) is 0.287. The SMILES string of the molecule is CCCCCc1cc(O)c(C2C=C(C)CCC2C(C)C)c(OC(=O)CO)c1. The lowest BCUT2D eigenvalue weighted by molar-refractivity contribution is -0.137. The molecule has 0 saturated carbocycles. The van der Waals surface area contributed by atoms with Gasteiger partial charge in [0.05, 0.1) is 0 Å². The highest BCUT2D eigenvalue weighted by atomic mass is 16.5. The van der Waals surface area contributed by atoms with Crippen LogP contribution >= 0.6 is 0 Å². The highest BCUT2D eigenvalue weighted by Crippen LogP contribution is 2.47. The van der Waals surface area contributed by atoms with Crippen molar-refractivity contribution < 1.29 is 19.7 Å². The number of rotatable bonds is 8. The second-order valence-corrected chi connectivity index (χ2v) is 8.10. The van der Waals surface area contributed by atoms with Gasteiger partial charge in [0, 0.05) is 11.5 Å². The van der Waals surface area contributed by atoms with Crippen LogP contribution in [0.1, 0.15) is 76.8 Å². The molecule has 0 fully saturated rings. The van der Waals surface area contributed by atoms with Crippen LogP contribution in [0.2, 0.25) is 0 Å². The maximum atomic E-state index is 11.8. The minimum absolute atomic E-state index is 0.00457. The van der Waals surface area contributed by atoms with Crippen molar-refractivity contribution in [3.63, 3.8) is 0 Å². The van der Waals surface area contributed by atoms with Crippen molar-refractivity contribution in [1.82, 2.24) is 0 Å². The first-order valence-corrected chi connectivity index (χ1v) is 10.2. The van der Waals surface area contributed by atoms with E-state index in [1.807, 2.05) is 12.1 Å². The number of phenols is 1. The van der Waals surface area contributed by atoms with Crippen LogP contribution in [0.5, 0.6) is 11.5 Å². The van der Waals surface area contributed by atoms with E-state index in [2.05, 4.69) is 33.8 Å². The summed E-state index contributed by atoms with van der Waals surface area (Å²) in [6.45, 7) is 7.98. The number of carbonyl (C=O) groups excluding carboxylic acids is 1. The fraction of sp³-hybridized carbons (Fsp3) is 0.609. The molecular formula is C23H34O4. The lowest BCUT2D eigenvalue weighted by Crippen LogP contribution is -2.23. The smallest absolute Gasteiger partial charge is 0.337 e. The predicted octanol–water partition coefficient (Wildman–Crippen LogP) is 5.12. The molecule has 4 heteroatoms. The van der Waals surface area contributed by atoms with Crippen molar-refractivity contribution in [3.8, 4) is 11.5 Å². The van der Waals surface area contributed by atoms with Gasteiger partial charge in [-0.3, -0.25) is 0 Å². The number of phenolic OH excluding ortho intramolecular Hbond substituents is 1. The highest BCUT2D eigenvalue weighted by Gasteiger charge is 2.32. The predicted molar refractivity (Wildman–Crippen MR) is 108 cm³/mol. The molecular weight excluding hydrogens is 340 g/mol. The Bertz CT molecular complexity index is 675. The number of hydrogen-bond donors (Lipinski definition) is 2. The number of unbranched alkanes of at least 4 members (excludes halogenated alkanes) is 2. The number of allylic oxidation sites excluding steroid dienone is 2. The Morgan fingerprint density at radius 3 is 2.67 bits per heavy atom. The third-order valence-corrected chi connectivity index (χ3v) is 5.59. The lowest BCUT2D eigenvalue weighted by Gasteiger charge is -2.34. The average molecular weight is 375 g/mol. The van der Waals surface area contributed by atoms with Gasteiger partial charge >= 0.3 is 5.97 Å². The summed E-state index contributed by atoms with van der Waals surface area (Å²) in [7, 11) is 0.